The molecule has 0 fully saturated rings. The fourth-order valence-corrected chi connectivity index (χ4v) is 0.918. The molecule has 0 bridgehead atoms. The van der Waals surface area contributed by atoms with Crippen molar-refractivity contribution in [2.45, 2.75) is 40.2 Å². The van der Waals surface area contributed by atoms with Crippen LogP contribution in [-0.2, 0) is 0 Å². The van der Waals surface area contributed by atoms with Crippen molar-refractivity contribution in [1.82, 2.24) is 0 Å². The normalized spacial score (nSPS) is 16.1. The Balaban J connectivity index is 3.68. The van der Waals surface area contributed by atoms with Crippen LogP contribution in [0.4, 0.5) is 0 Å². The average molecular weight is 142 g/mol. The minimum absolute atomic E-state index is 0.221. The van der Waals surface area contributed by atoms with Gasteiger partial charge >= 0.3 is 0 Å². The molecule has 0 spiro atoms. The smallest absolute Gasteiger partial charge is 0.0725 e. The van der Waals surface area contributed by atoms with Crippen LogP contribution >= 0.6 is 0 Å². The molecular weight excluding hydrogens is 124 g/mol. The average Bonchev–Trinajstić information content (AvgIpc) is 1.59. The van der Waals surface area contributed by atoms with Crippen molar-refractivity contribution < 1.29 is 5.11 Å². The maximum atomic E-state index is 9.30. The molecular formula is C9H18O. The lowest BCUT2D eigenvalue weighted by atomic mass is 9.89. The van der Waals surface area contributed by atoms with E-state index in [1.54, 1.807) is 0 Å². The van der Waals surface area contributed by atoms with Crippen LogP contribution in [0, 0.1) is 5.41 Å². The first-order valence-corrected chi connectivity index (χ1v) is 3.76. The number of allylic oxidation sites excluding steroid dienone is 1. The topological polar surface area (TPSA) is 20.2 Å². The molecule has 0 radical (unpaired) electrons. The van der Waals surface area contributed by atoms with Crippen LogP contribution < -0.4 is 0 Å². The van der Waals surface area contributed by atoms with E-state index < -0.39 is 0 Å². The Labute approximate surface area is 63.8 Å². The minimum Gasteiger partial charge on any atom is -0.389 e. The summed E-state index contributed by atoms with van der Waals surface area (Å²) < 4.78 is 0. The summed E-state index contributed by atoms with van der Waals surface area (Å²) in [6.45, 7) is 8.30. The van der Waals surface area contributed by atoms with Crippen molar-refractivity contribution in [2.75, 3.05) is 0 Å². The van der Waals surface area contributed by atoms with Crippen molar-refractivity contribution >= 4 is 0 Å². The van der Waals surface area contributed by atoms with Crippen LogP contribution in [0.3, 0.4) is 0 Å². The standard InChI is InChI=1S/C9H18O/c1-5-6-8(10)7-9(2,3)4/h5-6,8,10H,7H2,1-4H3/b6-5+/t8-/m0/s1. The number of hydrogen-bond acceptors (Lipinski definition) is 1. The van der Waals surface area contributed by atoms with E-state index in [1.807, 2.05) is 19.1 Å². The quantitative estimate of drug-likeness (QED) is 0.587. The molecule has 0 rings (SSSR count). The molecule has 1 N–H and O–H groups in total. The fourth-order valence-electron chi connectivity index (χ4n) is 0.918. The van der Waals surface area contributed by atoms with E-state index >= 15 is 0 Å². The molecule has 10 heavy (non-hydrogen) atoms. The van der Waals surface area contributed by atoms with Gasteiger partial charge in [0.25, 0.3) is 0 Å². The Morgan fingerprint density at radius 1 is 1.40 bits per heavy atom. The van der Waals surface area contributed by atoms with Gasteiger partial charge in [0.15, 0.2) is 0 Å². The van der Waals surface area contributed by atoms with Crippen molar-refractivity contribution in [3.8, 4) is 0 Å². The second-order valence-corrected chi connectivity index (χ2v) is 3.86. The number of aliphatic hydroxyl groups is 1. The molecule has 0 aliphatic carbocycles. The van der Waals surface area contributed by atoms with Crippen molar-refractivity contribution in [3.05, 3.63) is 12.2 Å². The van der Waals surface area contributed by atoms with Gasteiger partial charge in [-0.2, -0.15) is 0 Å². The third-order valence-corrected chi connectivity index (χ3v) is 1.24. The summed E-state index contributed by atoms with van der Waals surface area (Å²) in [6, 6.07) is 0. The highest BCUT2D eigenvalue weighted by Crippen LogP contribution is 2.20. The highest BCUT2D eigenvalue weighted by molar-refractivity contribution is 4.87. The Morgan fingerprint density at radius 3 is 2.20 bits per heavy atom. The highest BCUT2D eigenvalue weighted by atomic mass is 16.3. The Hall–Kier alpha value is -0.300. The van der Waals surface area contributed by atoms with Crippen LogP contribution in [-0.4, -0.2) is 11.2 Å². The van der Waals surface area contributed by atoms with E-state index in [0.717, 1.165) is 6.42 Å². The molecule has 0 heterocycles. The van der Waals surface area contributed by atoms with Gasteiger partial charge in [0.2, 0.25) is 0 Å². The minimum atomic E-state index is -0.273. The van der Waals surface area contributed by atoms with Gasteiger partial charge in [-0.25, -0.2) is 0 Å². The first-order chi connectivity index (χ1) is 4.45. The van der Waals surface area contributed by atoms with Gasteiger partial charge in [0, 0.05) is 0 Å². The summed E-state index contributed by atoms with van der Waals surface area (Å²) in [7, 11) is 0. The van der Waals surface area contributed by atoms with Crippen LogP contribution in [0.5, 0.6) is 0 Å². The zero-order chi connectivity index (χ0) is 8.20. The molecule has 0 aromatic carbocycles. The van der Waals surface area contributed by atoms with E-state index in [9.17, 15) is 5.11 Å². The zero-order valence-electron chi connectivity index (χ0n) is 7.39. The molecule has 1 nitrogen and oxygen atoms in total. The van der Waals surface area contributed by atoms with Gasteiger partial charge in [-0.3, -0.25) is 0 Å². The molecule has 1 heteroatoms. The number of aliphatic hydroxyl groups excluding tert-OH is 1. The Kier molecular flexibility index (Phi) is 3.66. The highest BCUT2D eigenvalue weighted by Gasteiger charge is 2.13. The number of rotatable bonds is 2. The molecule has 0 saturated carbocycles. The summed E-state index contributed by atoms with van der Waals surface area (Å²) in [5.41, 5.74) is 0.221. The molecule has 0 aliphatic rings. The van der Waals surface area contributed by atoms with Crippen LogP contribution in [0.25, 0.3) is 0 Å². The lowest BCUT2D eigenvalue weighted by Crippen LogP contribution is -2.15. The van der Waals surface area contributed by atoms with Gasteiger partial charge in [0.1, 0.15) is 0 Å². The van der Waals surface area contributed by atoms with Crippen molar-refractivity contribution in [3.63, 3.8) is 0 Å². The third kappa shape index (κ3) is 5.83. The summed E-state index contributed by atoms with van der Waals surface area (Å²) in [4.78, 5) is 0. The zero-order valence-corrected chi connectivity index (χ0v) is 7.39. The summed E-state index contributed by atoms with van der Waals surface area (Å²) >= 11 is 0. The molecule has 0 aromatic rings. The fraction of sp³-hybridized carbons (Fsp3) is 0.778. The number of hydrogen-bond donors (Lipinski definition) is 1. The SMILES string of the molecule is C/C=C/[C@H](O)CC(C)(C)C. The molecule has 0 amide bonds. The van der Waals surface area contributed by atoms with Gasteiger partial charge < -0.3 is 5.11 Å². The lowest BCUT2D eigenvalue weighted by molar-refractivity contribution is 0.162. The Morgan fingerprint density at radius 2 is 1.90 bits per heavy atom. The summed E-state index contributed by atoms with van der Waals surface area (Å²) in [6.07, 6.45) is 4.27. The maximum Gasteiger partial charge on any atom is 0.0725 e. The monoisotopic (exact) mass is 142 g/mol. The van der Waals surface area contributed by atoms with E-state index in [1.165, 1.54) is 0 Å². The van der Waals surface area contributed by atoms with E-state index in [-0.39, 0.29) is 11.5 Å². The van der Waals surface area contributed by atoms with Gasteiger partial charge in [0.05, 0.1) is 6.10 Å². The predicted molar refractivity (Wildman–Crippen MR) is 44.9 cm³/mol. The van der Waals surface area contributed by atoms with Crippen molar-refractivity contribution in [1.29, 1.82) is 0 Å². The second kappa shape index (κ2) is 3.77. The van der Waals surface area contributed by atoms with Gasteiger partial charge in [-0.1, -0.05) is 32.9 Å². The van der Waals surface area contributed by atoms with Gasteiger partial charge in [-0.05, 0) is 18.8 Å². The molecule has 0 aromatic heterocycles. The molecule has 0 aliphatic heterocycles. The van der Waals surface area contributed by atoms with Crippen LogP contribution in [0.15, 0.2) is 12.2 Å². The lowest BCUT2D eigenvalue weighted by Gasteiger charge is -2.19. The van der Waals surface area contributed by atoms with E-state index in [0.29, 0.717) is 0 Å². The first kappa shape index (κ1) is 9.70. The van der Waals surface area contributed by atoms with Gasteiger partial charge in [-0.15, -0.1) is 0 Å². The summed E-state index contributed by atoms with van der Waals surface area (Å²) in [5, 5.41) is 9.30. The maximum absolute atomic E-state index is 9.30. The van der Waals surface area contributed by atoms with E-state index in [4.69, 9.17) is 0 Å². The van der Waals surface area contributed by atoms with Crippen LogP contribution in [0.2, 0.25) is 0 Å². The van der Waals surface area contributed by atoms with Crippen LogP contribution in [0.1, 0.15) is 34.1 Å². The molecule has 60 valence electrons. The third-order valence-electron chi connectivity index (χ3n) is 1.24. The summed E-state index contributed by atoms with van der Waals surface area (Å²) in [5.74, 6) is 0. The first-order valence-electron chi connectivity index (χ1n) is 3.76. The predicted octanol–water partition coefficient (Wildman–Crippen LogP) is 2.36. The molecule has 0 unspecified atom stereocenters. The largest absolute Gasteiger partial charge is 0.389 e. The van der Waals surface area contributed by atoms with Crippen molar-refractivity contribution in [2.24, 2.45) is 5.41 Å². The second-order valence-electron chi connectivity index (χ2n) is 3.86. The molecule has 0 saturated heterocycles. The molecule has 1 atom stereocenters. The van der Waals surface area contributed by atoms with E-state index in [2.05, 4.69) is 20.8 Å². The Bertz CT molecular complexity index is 108.